The fourth-order valence-corrected chi connectivity index (χ4v) is 3.32. The second-order valence-electron chi connectivity index (χ2n) is 6.02. The summed E-state index contributed by atoms with van der Waals surface area (Å²) in [4.78, 5) is 6.98. The van der Waals surface area contributed by atoms with Crippen molar-refractivity contribution in [3.8, 4) is 0 Å². The van der Waals surface area contributed by atoms with Crippen LogP contribution in [0.5, 0.6) is 0 Å². The monoisotopic (exact) mass is 248 g/mol. The van der Waals surface area contributed by atoms with Gasteiger partial charge < -0.3 is 10.3 Å². The van der Waals surface area contributed by atoms with E-state index in [2.05, 4.69) is 34.5 Å². The van der Waals surface area contributed by atoms with E-state index in [1.165, 1.54) is 31.5 Å². The molecule has 1 aromatic rings. The Labute approximate surface area is 109 Å². The topological polar surface area (TPSA) is 47.1 Å². The van der Waals surface area contributed by atoms with Crippen molar-refractivity contribution in [3.63, 3.8) is 0 Å². The lowest BCUT2D eigenvalue weighted by Crippen LogP contribution is -2.34. The highest BCUT2D eigenvalue weighted by molar-refractivity contribution is 5.13. The van der Waals surface area contributed by atoms with Crippen LogP contribution in [0.3, 0.4) is 0 Å². The van der Waals surface area contributed by atoms with Gasteiger partial charge in [0.05, 0.1) is 18.1 Å². The molecular formula is C14H24N4. The van der Waals surface area contributed by atoms with E-state index in [1.807, 2.05) is 6.33 Å². The van der Waals surface area contributed by atoms with E-state index < -0.39 is 0 Å². The molecule has 4 nitrogen and oxygen atoms in total. The highest BCUT2D eigenvalue weighted by Gasteiger charge is 2.39. The summed E-state index contributed by atoms with van der Waals surface area (Å²) in [5.74, 6) is 0.585. The van der Waals surface area contributed by atoms with E-state index in [-0.39, 0.29) is 0 Å². The van der Waals surface area contributed by atoms with Crippen LogP contribution < -0.4 is 5.73 Å². The van der Waals surface area contributed by atoms with E-state index >= 15 is 0 Å². The van der Waals surface area contributed by atoms with Crippen LogP contribution in [-0.4, -0.2) is 33.6 Å². The molecule has 1 saturated heterocycles. The first-order chi connectivity index (χ1) is 8.72. The Hall–Kier alpha value is -0.870. The van der Waals surface area contributed by atoms with E-state index in [1.54, 1.807) is 0 Å². The van der Waals surface area contributed by atoms with E-state index in [0.717, 1.165) is 6.54 Å². The van der Waals surface area contributed by atoms with Crippen molar-refractivity contribution in [1.82, 2.24) is 14.5 Å². The van der Waals surface area contributed by atoms with Crippen molar-refractivity contribution >= 4 is 0 Å². The minimum Gasteiger partial charge on any atom is -0.330 e. The first-order valence-electron chi connectivity index (χ1n) is 7.20. The van der Waals surface area contributed by atoms with Crippen molar-refractivity contribution in [3.05, 3.63) is 18.2 Å². The third kappa shape index (κ3) is 1.97. The van der Waals surface area contributed by atoms with Gasteiger partial charge in [0.1, 0.15) is 0 Å². The second-order valence-corrected chi connectivity index (χ2v) is 6.02. The summed E-state index contributed by atoms with van der Waals surface area (Å²) < 4.78 is 2.40. The van der Waals surface area contributed by atoms with Gasteiger partial charge in [0.15, 0.2) is 0 Å². The zero-order valence-electron chi connectivity index (χ0n) is 11.4. The van der Waals surface area contributed by atoms with E-state index in [0.29, 0.717) is 24.0 Å². The summed E-state index contributed by atoms with van der Waals surface area (Å²) in [5, 5.41) is 0. The molecule has 4 heteroatoms. The lowest BCUT2D eigenvalue weighted by molar-refractivity contribution is 0.177. The molecule has 1 aliphatic carbocycles. The van der Waals surface area contributed by atoms with Crippen LogP contribution in [0.15, 0.2) is 12.5 Å². The maximum absolute atomic E-state index is 5.98. The van der Waals surface area contributed by atoms with Crippen molar-refractivity contribution in [1.29, 1.82) is 0 Å². The standard InChI is InChI=1S/C14H24N4/c1-10(2)17-6-5-11(7-15)14(17)13-8-16-9-18(13)12-3-4-12/h8-12,14H,3-7,15H2,1-2H3. The SMILES string of the molecule is CC(C)N1CCC(CN)C1c1cncn1C1CC1. The molecule has 1 aromatic heterocycles. The van der Waals surface area contributed by atoms with Crippen molar-refractivity contribution in [2.45, 2.75) is 51.2 Å². The highest BCUT2D eigenvalue weighted by atomic mass is 15.2. The number of aromatic nitrogens is 2. The molecule has 3 rings (SSSR count). The maximum Gasteiger partial charge on any atom is 0.0951 e. The number of rotatable bonds is 4. The van der Waals surface area contributed by atoms with Crippen LogP contribution in [0.4, 0.5) is 0 Å². The molecule has 2 heterocycles. The van der Waals surface area contributed by atoms with E-state index in [4.69, 9.17) is 5.73 Å². The molecule has 0 radical (unpaired) electrons. The molecule has 0 spiro atoms. The first kappa shape index (κ1) is 12.2. The molecule has 1 aliphatic heterocycles. The summed E-state index contributed by atoms with van der Waals surface area (Å²) in [6, 6.07) is 1.75. The molecule has 18 heavy (non-hydrogen) atoms. The summed E-state index contributed by atoms with van der Waals surface area (Å²) >= 11 is 0. The van der Waals surface area contributed by atoms with Crippen LogP contribution in [0.1, 0.15) is 50.9 Å². The van der Waals surface area contributed by atoms with Crippen LogP contribution in [0, 0.1) is 5.92 Å². The number of nitrogens with two attached hydrogens (primary N) is 1. The Kier molecular flexibility index (Phi) is 3.16. The Balaban J connectivity index is 1.92. The predicted octanol–water partition coefficient (Wildman–Crippen LogP) is 1.95. The lowest BCUT2D eigenvalue weighted by atomic mass is 9.97. The molecule has 2 unspecified atom stereocenters. The van der Waals surface area contributed by atoms with Gasteiger partial charge in [0.2, 0.25) is 0 Å². The Bertz CT molecular complexity index is 408. The van der Waals surface area contributed by atoms with E-state index in [9.17, 15) is 0 Å². The van der Waals surface area contributed by atoms with Gasteiger partial charge in [-0.3, -0.25) is 4.90 Å². The van der Waals surface area contributed by atoms with Crippen LogP contribution in [-0.2, 0) is 0 Å². The molecule has 0 aromatic carbocycles. The van der Waals surface area contributed by atoms with Crippen LogP contribution in [0.25, 0.3) is 0 Å². The van der Waals surface area contributed by atoms with Gasteiger partial charge in [-0.15, -0.1) is 0 Å². The third-order valence-electron chi connectivity index (χ3n) is 4.47. The normalized spacial score (nSPS) is 29.3. The average molecular weight is 248 g/mol. The van der Waals surface area contributed by atoms with Crippen LogP contribution in [0.2, 0.25) is 0 Å². The maximum atomic E-state index is 5.98. The van der Waals surface area contributed by atoms with Crippen LogP contribution >= 0.6 is 0 Å². The molecule has 0 bridgehead atoms. The van der Waals surface area contributed by atoms with Gasteiger partial charge in [-0.2, -0.15) is 0 Å². The lowest BCUT2D eigenvalue weighted by Gasteiger charge is -2.31. The molecule has 100 valence electrons. The van der Waals surface area contributed by atoms with Crippen molar-refractivity contribution in [2.24, 2.45) is 11.7 Å². The van der Waals surface area contributed by atoms with Gasteiger partial charge in [0.25, 0.3) is 0 Å². The fourth-order valence-electron chi connectivity index (χ4n) is 3.32. The largest absolute Gasteiger partial charge is 0.330 e. The predicted molar refractivity (Wildman–Crippen MR) is 72.2 cm³/mol. The average Bonchev–Trinajstić information content (AvgIpc) is 2.94. The molecule has 2 fully saturated rings. The molecule has 2 aliphatic rings. The van der Waals surface area contributed by atoms with Gasteiger partial charge in [-0.05, 0) is 52.1 Å². The number of imidazole rings is 1. The van der Waals surface area contributed by atoms with Gasteiger partial charge in [-0.25, -0.2) is 4.98 Å². The van der Waals surface area contributed by atoms with Crippen molar-refractivity contribution < 1.29 is 0 Å². The van der Waals surface area contributed by atoms with Gasteiger partial charge in [0, 0.05) is 18.3 Å². The second kappa shape index (κ2) is 4.67. The third-order valence-corrected chi connectivity index (χ3v) is 4.47. The smallest absolute Gasteiger partial charge is 0.0951 e. The molecule has 1 saturated carbocycles. The molecular weight excluding hydrogens is 224 g/mol. The summed E-state index contributed by atoms with van der Waals surface area (Å²) in [5.41, 5.74) is 7.37. The zero-order valence-corrected chi connectivity index (χ0v) is 11.4. The summed E-state index contributed by atoms with van der Waals surface area (Å²) in [6.07, 6.45) is 7.91. The zero-order chi connectivity index (χ0) is 12.7. The number of hydrogen-bond acceptors (Lipinski definition) is 3. The number of nitrogens with zero attached hydrogens (tertiary/aromatic N) is 3. The van der Waals surface area contributed by atoms with Gasteiger partial charge in [-0.1, -0.05) is 0 Å². The summed E-state index contributed by atoms with van der Waals surface area (Å²) in [7, 11) is 0. The molecule has 0 amide bonds. The summed E-state index contributed by atoms with van der Waals surface area (Å²) in [6.45, 7) is 6.51. The van der Waals surface area contributed by atoms with Crippen molar-refractivity contribution in [2.75, 3.05) is 13.1 Å². The molecule has 2 N–H and O–H groups in total. The minimum atomic E-state index is 0.470. The highest BCUT2D eigenvalue weighted by Crippen LogP contribution is 2.42. The molecule has 2 atom stereocenters. The fraction of sp³-hybridized carbons (Fsp3) is 0.786. The number of hydrogen-bond donors (Lipinski definition) is 1. The first-order valence-corrected chi connectivity index (χ1v) is 7.20. The minimum absolute atomic E-state index is 0.470. The Morgan fingerprint density at radius 2 is 2.17 bits per heavy atom. The Morgan fingerprint density at radius 3 is 2.78 bits per heavy atom. The quantitative estimate of drug-likeness (QED) is 0.886. The Morgan fingerprint density at radius 1 is 1.39 bits per heavy atom. The van der Waals surface area contributed by atoms with Gasteiger partial charge >= 0.3 is 0 Å². The number of likely N-dealkylation sites (tertiary alicyclic amines) is 1.